The maximum absolute atomic E-state index is 13.0. The molecule has 0 aromatic heterocycles. The number of aliphatic hydroxyl groups is 1. The molecule has 0 bridgehead atoms. The highest BCUT2D eigenvalue weighted by atomic mass is 31.2. The molecule has 0 saturated heterocycles. The van der Waals surface area contributed by atoms with Crippen LogP contribution in [0.1, 0.15) is 351 Å². The van der Waals surface area contributed by atoms with Crippen molar-refractivity contribution >= 4 is 39.5 Å². The third kappa shape index (κ3) is 62.2. The molecule has 17 nitrogen and oxygen atoms in total. The minimum atomic E-state index is -4.95. The lowest BCUT2D eigenvalue weighted by Crippen LogP contribution is -2.30. The lowest BCUT2D eigenvalue weighted by Gasteiger charge is -2.21. The van der Waals surface area contributed by atoms with E-state index in [1.54, 1.807) is 0 Å². The van der Waals surface area contributed by atoms with Crippen LogP contribution in [0.3, 0.4) is 0 Å². The lowest BCUT2D eigenvalue weighted by atomic mass is 9.99. The third-order valence-corrected chi connectivity index (χ3v) is 18.9. The van der Waals surface area contributed by atoms with E-state index < -0.39 is 97.5 Å². The van der Waals surface area contributed by atoms with Gasteiger partial charge in [0.2, 0.25) is 0 Å². The van der Waals surface area contributed by atoms with E-state index in [0.29, 0.717) is 31.6 Å². The van der Waals surface area contributed by atoms with E-state index in [2.05, 4.69) is 55.4 Å². The highest BCUT2D eigenvalue weighted by Gasteiger charge is 2.30. The number of rotatable bonds is 68. The topological polar surface area (TPSA) is 237 Å². The Morgan fingerprint density at radius 3 is 0.789 bits per heavy atom. The first-order chi connectivity index (χ1) is 43.2. The lowest BCUT2D eigenvalue weighted by molar-refractivity contribution is -0.161. The monoisotopic (exact) mass is 1320 g/mol. The van der Waals surface area contributed by atoms with Gasteiger partial charge in [-0.05, 0) is 49.4 Å². The molecule has 0 aliphatic heterocycles. The minimum absolute atomic E-state index is 0.102. The number of carbonyl (C=O) groups excluding carboxylic acids is 4. The zero-order chi connectivity index (χ0) is 66.8. The Balaban J connectivity index is 5.23. The first-order valence-corrected chi connectivity index (χ1v) is 39.8. The summed E-state index contributed by atoms with van der Waals surface area (Å²) >= 11 is 0. The molecule has 0 amide bonds. The van der Waals surface area contributed by atoms with Crippen molar-refractivity contribution in [3.8, 4) is 0 Å². The first-order valence-electron chi connectivity index (χ1n) is 36.8. The van der Waals surface area contributed by atoms with Crippen LogP contribution in [-0.4, -0.2) is 96.7 Å². The molecule has 3 N–H and O–H groups in total. The number of aliphatic hydroxyl groups excluding tert-OH is 1. The van der Waals surface area contributed by atoms with Crippen molar-refractivity contribution in [2.75, 3.05) is 39.6 Å². The second kappa shape index (κ2) is 60.7. The van der Waals surface area contributed by atoms with Gasteiger partial charge < -0.3 is 33.8 Å². The van der Waals surface area contributed by atoms with E-state index in [1.807, 2.05) is 0 Å². The molecule has 5 unspecified atom stereocenters. The van der Waals surface area contributed by atoms with Gasteiger partial charge in [-0.2, -0.15) is 0 Å². The van der Waals surface area contributed by atoms with Crippen LogP contribution in [0.15, 0.2) is 0 Å². The Hall–Kier alpha value is -1.94. The van der Waals surface area contributed by atoms with Gasteiger partial charge in [-0.3, -0.25) is 37.3 Å². The maximum Gasteiger partial charge on any atom is 0.472 e. The number of phosphoric ester groups is 2. The fourth-order valence-electron chi connectivity index (χ4n) is 10.6. The van der Waals surface area contributed by atoms with Crippen molar-refractivity contribution in [3.63, 3.8) is 0 Å². The van der Waals surface area contributed by atoms with Gasteiger partial charge in [0.05, 0.1) is 26.4 Å². The van der Waals surface area contributed by atoms with Crippen molar-refractivity contribution in [1.29, 1.82) is 0 Å². The average molecular weight is 1330 g/mol. The van der Waals surface area contributed by atoms with Crippen molar-refractivity contribution in [2.45, 2.75) is 369 Å². The number of hydrogen-bond acceptors (Lipinski definition) is 15. The van der Waals surface area contributed by atoms with Crippen molar-refractivity contribution < 1.29 is 80.2 Å². The van der Waals surface area contributed by atoms with Crippen LogP contribution in [-0.2, 0) is 65.4 Å². The molecule has 0 heterocycles. The number of ether oxygens (including phenoxy) is 4. The molecular formula is C71H138O17P2. The summed E-state index contributed by atoms with van der Waals surface area (Å²) in [6.45, 7) is 14.1. The third-order valence-electron chi connectivity index (χ3n) is 17.0. The Labute approximate surface area is 549 Å². The molecule has 90 heavy (non-hydrogen) atoms. The van der Waals surface area contributed by atoms with Gasteiger partial charge in [0, 0.05) is 25.7 Å². The Bertz CT molecular complexity index is 1790. The average Bonchev–Trinajstić information content (AvgIpc) is 3.72. The van der Waals surface area contributed by atoms with Gasteiger partial charge in [-0.15, -0.1) is 0 Å². The van der Waals surface area contributed by atoms with Crippen LogP contribution >= 0.6 is 15.6 Å². The van der Waals surface area contributed by atoms with Crippen molar-refractivity contribution in [1.82, 2.24) is 0 Å². The van der Waals surface area contributed by atoms with Crippen LogP contribution in [0.4, 0.5) is 0 Å². The highest BCUT2D eigenvalue weighted by molar-refractivity contribution is 7.47. The summed E-state index contributed by atoms with van der Waals surface area (Å²) < 4.78 is 68.3. The predicted molar refractivity (Wildman–Crippen MR) is 363 cm³/mol. The van der Waals surface area contributed by atoms with Crippen LogP contribution in [0.5, 0.6) is 0 Å². The summed E-state index contributed by atoms with van der Waals surface area (Å²) in [5.74, 6) is 0.874. The molecule has 0 aromatic rings. The second-order valence-corrected chi connectivity index (χ2v) is 30.0. The van der Waals surface area contributed by atoms with Crippen LogP contribution in [0, 0.1) is 23.7 Å². The zero-order valence-corrected chi connectivity index (χ0v) is 60.6. The highest BCUT2D eigenvalue weighted by Crippen LogP contribution is 2.45. The normalized spacial score (nSPS) is 14.9. The van der Waals surface area contributed by atoms with Crippen molar-refractivity contribution in [3.05, 3.63) is 0 Å². The SMILES string of the molecule is CCC(C)CCCCCCCCCCC(=O)OC[C@H](COP(=O)(O)OCC(O)COP(=O)(O)OC[C@@H](COC(=O)CCCCCCCCCC(C)C)OC(=O)CCCCCCCCC(C)CC)OC(=O)CCCCCCCCCCCCCCCCCC(C)C. The minimum Gasteiger partial charge on any atom is -0.462 e. The fraction of sp³-hybridized carbons (Fsp3) is 0.944. The molecule has 0 aliphatic rings. The summed E-state index contributed by atoms with van der Waals surface area (Å²) in [5.41, 5.74) is 0. The van der Waals surface area contributed by atoms with Crippen LogP contribution < -0.4 is 0 Å². The largest absolute Gasteiger partial charge is 0.472 e. The molecule has 0 aromatic carbocycles. The van der Waals surface area contributed by atoms with E-state index in [0.717, 1.165) is 114 Å². The fourth-order valence-corrected chi connectivity index (χ4v) is 12.2. The molecule has 0 spiro atoms. The van der Waals surface area contributed by atoms with E-state index in [1.165, 1.54) is 148 Å². The zero-order valence-electron chi connectivity index (χ0n) is 58.8. The predicted octanol–water partition coefficient (Wildman–Crippen LogP) is 20.1. The van der Waals surface area contributed by atoms with Gasteiger partial charge in [-0.25, -0.2) is 9.13 Å². The first kappa shape index (κ1) is 88.1. The Kier molecular flexibility index (Phi) is 59.4. The number of phosphoric acid groups is 2. The van der Waals surface area contributed by atoms with E-state index in [-0.39, 0.29) is 25.7 Å². The molecule has 7 atom stereocenters. The summed E-state index contributed by atoms with van der Waals surface area (Å²) in [7, 11) is -9.90. The standard InChI is InChI=1S/C71H138O17P2/c1-9-63(7)49-41-33-25-20-21-26-35-43-51-68(73)81-57-66(87-70(75)53-45-37-27-19-17-15-13-11-12-14-16-18-23-31-39-47-61(3)4)59-85-89(77,78)83-55-65(72)56-84-90(79,80)86-60-67(88-71(76)54-46-38-30-29-34-42-50-64(8)10-2)58-82-69(74)52-44-36-28-22-24-32-40-48-62(5)6/h61-67,72H,9-60H2,1-8H3,(H,77,78)(H,79,80)/t63?,64?,65?,66-,67-/m1/s1. The van der Waals surface area contributed by atoms with Gasteiger partial charge in [0.1, 0.15) is 19.3 Å². The quantitative estimate of drug-likeness (QED) is 0.0222. The van der Waals surface area contributed by atoms with Crippen molar-refractivity contribution in [2.24, 2.45) is 23.7 Å². The smallest absolute Gasteiger partial charge is 0.462 e. The number of carbonyl (C=O) groups is 4. The van der Waals surface area contributed by atoms with Crippen LogP contribution in [0.25, 0.3) is 0 Å². The Morgan fingerprint density at radius 1 is 0.311 bits per heavy atom. The van der Waals surface area contributed by atoms with Crippen LogP contribution in [0.2, 0.25) is 0 Å². The molecule has 534 valence electrons. The molecule has 0 radical (unpaired) electrons. The summed E-state index contributed by atoms with van der Waals surface area (Å²) in [6.07, 6.45) is 43.2. The van der Waals surface area contributed by atoms with Gasteiger partial charge >= 0.3 is 39.5 Å². The molecular weight excluding hydrogens is 1190 g/mol. The molecule has 0 saturated carbocycles. The van der Waals surface area contributed by atoms with Gasteiger partial charge in [-0.1, -0.05) is 299 Å². The molecule has 0 fully saturated rings. The number of esters is 4. The Morgan fingerprint density at radius 2 is 0.533 bits per heavy atom. The molecule has 19 heteroatoms. The van der Waals surface area contributed by atoms with E-state index >= 15 is 0 Å². The number of unbranched alkanes of at least 4 members (excludes halogenated alkanes) is 32. The summed E-state index contributed by atoms with van der Waals surface area (Å²) in [5, 5.41) is 10.6. The maximum atomic E-state index is 13.0. The summed E-state index contributed by atoms with van der Waals surface area (Å²) in [4.78, 5) is 72.5. The molecule has 0 rings (SSSR count). The molecule has 0 aliphatic carbocycles. The second-order valence-electron chi connectivity index (χ2n) is 27.1. The van der Waals surface area contributed by atoms with E-state index in [4.69, 9.17) is 37.0 Å². The van der Waals surface area contributed by atoms with Gasteiger partial charge in [0.25, 0.3) is 0 Å². The summed E-state index contributed by atoms with van der Waals surface area (Å²) in [6, 6.07) is 0. The van der Waals surface area contributed by atoms with Gasteiger partial charge in [0.15, 0.2) is 12.2 Å². The van der Waals surface area contributed by atoms with E-state index in [9.17, 15) is 43.2 Å². The number of hydrogen-bond donors (Lipinski definition) is 3.